The minimum absolute atomic E-state index is 0.390. The van der Waals surface area contributed by atoms with Gasteiger partial charge in [0.2, 0.25) is 0 Å². The molecule has 0 spiro atoms. The molecule has 2 aromatic carbocycles. The van der Waals surface area contributed by atoms with Gasteiger partial charge in [0.05, 0.1) is 0 Å². The van der Waals surface area contributed by atoms with Gasteiger partial charge in [0.15, 0.2) is 0 Å². The van der Waals surface area contributed by atoms with Crippen LogP contribution >= 0.6 is 11.8 Å². The summed E-state index contributed by atoms with van der Waals surface area (Å²) in [5, 5.41) is 3.44. The van der Waals surface area contributed by atoms with Gasteiger partial charge in [-0.1, -0.05) is 48.9 Å². The predicted octanol–water partition coefficient (Wildman–Crippen LogP) is 4.92. The highest BCUT2D eigenvalue weighted by Crippen LogP contribution is 2.28. The van der Waals surface area contributed by atoms with Crippen LogP contribution in [0.25, 0.3) is 0 Å². The van der Waals surface area contributed by atoms with Gasteiger partial charge in [-0.15, -0.1) is 11.8 Å². The van der Waals surface area contributed by atoms with Crippen molar-refractivity contribution in [2.45, 2.75) is 38.1 Å². The van der Waals surface area contributed by atoms with Crippen molar-refractivity contribution in [2.75, 3.05) is 12.8 Å². The Labute approximate surface area is 133 Å². The fourth-order valence-corrected chi connectivity index (χ4v) is 3.62. The van der Waals surface area contributed by atoms with E-state index in [2.05, 4.69) is 68.6 Å². The van der Waals surface area contributed by atoms with Crippen LogP contribution in [0.3, 0.4) is 0 Å². The zero-order valence-electron chi connectivity index (χ0n) is 13.4. The molecule has 21 heavy (non-hydrogen) atoms. The Bertz CT molecular complexity index is 575. The zero-order chi connectivity index (χ0) is 15.2. The van der Waals surface area contributed by atoms with Crippen molar-refractivity contribution in [3.63, 3.8) is 0 Å². The van der Waals surface area contributed by atoms with Crippen LogP contribution in [0.15, 0.2) is 47.4 Å². The summed E-state index contributed by atoms with van der Waals surface area (Å²) in [6.45, 7) is 6.54. The average molecular weight is 299 g/mol. The standard InChI is InChI=1S/C19H25NS/c1-5-16-7-9-17(10-8-16)18(20-4)13-21-19-11-6-14(2)12-15(19)3/h6-12,18,20H,5,13H2,1-4H3. The van der Waals surface area contributed by atoms with E-state index < -0.39 is 0 Å². The first-order valence-corrected chi connectivity index (χ1v) is 8.58. The Hall–Kier alpha value is -1.25. The van der Waals surface area contributed by atoms with Crippen LogP contribution in [-0.2, 0) is 6.42 Å². The third-order valence-corrected chi connectivity index (χ3v) is 5.14. The normalized spacial score (nSPS) is 12.4. The fourth-order valence-electron chi connectivity index (χ4n) is 2.47. The maximum absolute atomic E-state index is 3.44. The van der Waals surface area contributed by atoms with E-state index in [1.807, 2.05) is 18.8 Å². The Kier molecular flexibility index (Phi) is 5.89. The maximum atomic E-state index is 3.44. The van der Waals surface area contributed by atoms with Crippen LogP contribution in [0, 0.1) is 13.8 Å². The quantitative estimate of drug-likeness (QED) is 0.760. The third kappa shape index (κ3) is 4.36. The molecule has 0 fully saturated rings. The summed E-state index contributed by atoms with van der Waals surface area (Å²) < 4.78 is 0. The second-order valence-corrected chi connectivity index (χ2v) is 6.58. The molecule has 0 radical (unpaired) electrons. The van der Waals surface area contributed by atoms with Crippen molar-refractivity contribution in [1.82, 2.24) is 5.32 Å². The molecule has 2 aromatic rings. The largest absolute Gasteiger partial charge is 0.312 e. The summed E-state index contributed by atoms with van der Waals surface area (Å²) in [6, 6.07) is 16.1. The topological polar surface area (TPSA) is 12.0 Å². The second kappa shape index (κ2) is 7.67. The number of benzene rings is 2. The third-order valence-electron chi connectivity index (χ3n) is 3.87. The van der Waals surface area contributed by atoms with Gasteiger partial charge in [0.25, 0.3) is 0 Å². The van der Waals surface area contributed by atoms with Crippen LogP contribution in [0.5, 0.6) is 0 Å². The average Bonchev–Trinajstić information content (AvgIpc) is 2.50. The number of rotatable bonds is 6. The number of hydrogen-bond donors (Lipinski definition) is 1. The first-order chi connectivity index (χ1) is 10.1. The van der Waals surface area contributed by atoms with Crippen LogP contribution < -0.4 is 5.32 Å². The van der Waals surface area contributed by atoms with Crippen LogP contribution in [-0.4, -0.2) is 12.8 Å². The predicted molar refractivity (Wildman–Crippen MR) is 94.3 cm³/mol. The van der Waals surface area contributed by atoms with Crippen molar-refractivity contribution in [3.8, 4) is 0 Å². The molecule has 0 saturated heterocycles. The van der Waals surface area contributed by atoms with E-state index in [-0.39, 0.29) is 0 Å². The zero-order valence-corrected chi connectivity index (χ0v) is 14.3. The van der Waals surface area contributed by atoms with Crippen molar-refractivity contribution in [2.24, 2.45) is 0 Å². The Morgan fingerprint density at radius 2 is 1.76 bits per heavy atom. The molecule has 0 bridgehead atoms. The molecule has 1 unspecified atom stereocenters. The Morgan fingerprint density at radius 3 is 2.33 bits per heavy atom. The van der Waals surface area contributed by atoms with Crippen molar-refractivity contribution < 1.29 is 0 Å². The lowest BCUT2D eigenvalue weighted by molar-refractivity contribution is 0.661. The number of aryl methyl sites for hydroxylation is 3. The Balaban J connectivity index is 2.04. The number of nitrogens with one attached hydrogen (secondary N) is 1. The van der Waals surface area contributed by atoms with E-state index in [9.17, 15) is 0 Å². The summed E-state index contributed by atoms with van der Waals surface area (Å²) >= 11 is 1.93. The van der Waals surface area contributed by atoms with Gasteiger partial charge < -0.3 is 5.32 Å². The lowest BCUT2D eigenvalue weighted by atomic mass is 10.1. The van der Waals surface area contributed by atoms with Gasteiger partial charge in [-0.3, -0.25) is 0 Å². The van der Waals surface area contributed by atoms with Crippen LogP contribution in [0.1, 0.15) is 35.2 Å². The van der Waals surface area contributed by atoms with Gasteiger partial charge in [-0.05, 0) is 50.1 Å². The molecule has 112 valence electrons. The van der Waals surface area contributed by atoms with Gasteiger partial charge in [-0.25, -0.2) is 0 Å². The molecule has 0 aliphatic rings. The molecule has 1 N–H and O–H groups in total. The van der Waals surface area contributed by atoms with Crippen molar-refractivity contribution in [1.29, 1.82) is 0 Å². The highest BCUT2D eigenvalue weighted by molar-refractivity contribution is 7.99. The number of hydrogen-bond acceptors (Lipinski definition) is 2. The lowest BCUT2D eigenvalue weighted by Gasteiger charge is -2.17. The van der Waals surface area contributed by atoms with Crippen molar-refractivity contribution >= 4 is 11.8 Å². The molecular formula is C19H25NS. The minimum Gasteiger partial charge on any atom is -0.312 e. The summed E-state index contributed by atoms with van der Waals surface area (Å²) in [6.07, 6.45) is 1.10. The molecule has 2 heteroatoms. The van der Waals surface area contributed by atoms with Crippen LogP contribution in [0.2, 0.25) is 0 Å². The number of thioether (sulfide) groups is 1. The molecule has 1 atom stereocenters. The van der Waals surface area contributed by atoms with Gasteiger partial charge >= 0.3 is 0 Å². The van der Waals surface area contributed by atoms with E-state index in [4.69, 9.17) is 0 Å². The van der Waals surface area contributed by atoms with Gasteiger partial charge in [-0.2, -0.15) is 0 Å². The molecule has 0 heterocycles. The molecule has 0 saturated carbocycles. The lowest BCUT2D eigenvalue weighted by Crippen LogP contribution is -2.18. The van der Waals surface area contributed by atoms with E-state index in [0.29, 0.717) is 6.04 Å². The summed E-state index contributed by atoms with van der Waals surface area (Å²) in [5.74, 6) is 1.05. The molecule has 0 aromatic heterocycles. The second-order valence-electron chi connectivity index (χ2n) is 5.52. The van der Waals surface area contributed by atoms with E-state index in [1.165, 1.54) is 27.1 Å². The van der Waals surface area contributed by atoms with E-state index in [1.54, 1.807) is 0 Å². The molecular weight excluding hydrogens is 274 g/mol. The first kappa shape index (κ1) is 16.1. The van der Waals surface area contributed by atoms with E-state index in [0.717, 1.165) is 12.2 Å². The smallest absolute Gasteiger partial charge is 0.0412 e. The first-order valence-electron chi connectivity index (χ1n) is 7.60. The summed E-state index contributed by atoms with van der Waals surface area (Å²) in [5.41, 5.74) is 5.47. The molecule has 0 aliphatic heterocycles. The highest BCUT2D eigenvalue weighted by atomic mass is 32.2. The SMILES string of the molecule is CCc1ccc(C(CSc2ccc(C)cc2C)NC)cc1. The molecule has 0 aliphatic carbocycles. The highest BCUT2D eigenvalue weighted by Gasteiger charge is 2.10. The minimum atomic E-state index is 0.390. The maximum Gasteiger partial charge on any atom is 0.0412 e. The van der Waals surface area contributed by atoms with Gasteiger partial charge in [0, 0.05) is 16.7 Å². The molecule has 0 amide bonds. The van der Waals surface area contributed by atoms with Crippen molar-refractivity contribution in [3.05, 3.63) is 64.7 Å². The summed E-state index contributed by atoms with van der Waals surface area (Å²) in [4.78, 5) is 1.38. The monoisotopic (exact) mass is 299 g/mol. The summed E-state index contributed by atoms with van der Waals surface area (Å²) in [7, 11) is 2.04. The van der Waals surface area contributed by atoms with Crippen LogP contribution in [0.4, 0.5) is 0 Å². The Morgan fingerprint density at radius 1 is 1.05 bits per heavy atom. The van der Waals surface area contributed by atoms with E-state index >= 15 is 0 Å². The molecule has 2 rings (SSSR count). The molecule has 1 nitrogen and oxygen atoms in total. The fraction of sp³-hybridized carbons (Fsp3) is 0.368. The van der Waals surface area contributed by atoms with Gasteiger partial charge in [0.1, 0.15) is 0 Å².